The third-order valence-corrected chi connectivity index (χ3v) is 4.04. The van der Waals surface area contributed by atoms with Gasteiger partial charge in [0.25, 0.3) is 5.91 Å². The lowest BCUT2D eigenvalue weighted by Crippen LogP contribution is -2.29. The van der Waals surface area contributed by atoms with Crippen molar-refractivity contribution in [1.29, 1.82) is 0 Å². The topological polar surface area (TPSA) is 70.6 Å². The van der Waals surface area contributed by atoms with Crippen LogP contribution >= 0.6 is 0 Å². The molecule has 0 aliphatic rings. The number of aliphatic hydroxyl groups is 1. The van der Waals surface area contributed by atoms with Crippen LogP contribution in [0.2, 0.25) is 0 Å². The molecule has 2 aromatic carbocycles. The van der Waals surface area contributed by atoms with E-state index in [0.29, 0.717) is 18.5 Å². The Labute approximate surface area is 149 Å². The van der Waals surface area contributed by atoms with Crippen LogP contribution in [0.4, 0.5) is 11.4 Å². The largest absolute Gasteiger partial charge is 0.497 e. The number of ether oxygens (including phenoxy) is 1. The van der Waals surface area contributed by atoms with Crippen LogP contribution in [0.3, 0.4) is 0 Å². The van der Waals surface area contributed by atoms with Gasteiger partial charge in [-0.3, -0.25) is 4.79 Å². The second-order valence-electron chi connectivity index (χ2n) is 6.26. The first kappa shape index (κ1) is 18.8. The average molecular weight is 342 g/mol. The van der Waals surface area contributed by atoms with E-state index in [2.05, 4.69) is 10.6 Å². The molecule has 5 heteroatoms. The van der Waals surface area contributed by atoms with Gasteiger partial charge in [-0.1, -0.05) is 26.0 Å². The number of hydrogen-bond donors (Lipinski definition) is 3. The van der Waals surface area contributed by atoms with Gasteiger partial charge in [-0.05, 0) is 48.7 Å². The number of hydrogen-bond acceptors (Lipinski definition) is 4. The van der Waals surface area contributed by atoms with Crippen LogP contribution in [0.5, 0.6) is 5.75 Å². The highest BCUT2D eigenvalue weighted by Crippen LogP contribution is 2.23. The fraction of sp³-hybridized carbons (Fsp3) is 0.350. The van der Waals surface area contributed by atoms with Crippen LogP contribution < -0.4 is 15.4 Å². The van der Waals surface area contributed by atoms with E-state index in [1.165, 1.54) is 0 Å². The zero-order valence-corrected chi connectivity index (χ0v) is 15.0. The minimum absolute atomic E-state index is 0.160. The summed E-state index contributed by atoms with van der Waals surface area (Å²) in [5, 5.41) is 16.0. The summed E-state index contributed by atoms with van der Waals surface area (Å²) in [6.07, 6.45) is 0.130. The number of nitrogens with one attached hydrogen (secondary N) is 2. The van der Waals surface area contributed by atoms with Crippen molar-refractivity contribution in [2.75, 3.05) is 19.0 Å². The van der Waals surface area contributed by atoms with Crippen molar-refractivity contribution in [2.24, 2.45) is 5.92 Å². The molecular weight excluding hydrogens is 316 g/mol. The second kappa shape index (κ2) is 9.08. The first-order chi connectivity index (χ1) is 12.0. The van der Waals surface area contributed by atoms with E-state index in [0.717, 1.165) is 17.1 Å². The number of carbonyl (C=O) groups is 1. The number of benzene rings is 2. The van der Waals surface area contributed by atoms with Crippen LogP contribution in [0, 0.1) is 5.92 Å². The Morgan fingerprint density at radius 1 is 1.12 bits per heavy atom. The lowest BCUT2D eigenvalue weighted by molar-refractivity contribution is 0.0921. The van der Waals surface area contributed by atoms with Crippen molar-refractivity contribution in [2.45, 2.75) is 26.4 Å². The van der Waals surface area contributed by atoms with Gasteiger partial charge in [0.05, 0.1) is 24.5 Å². The van der Waals surface area contributed by atoms with Gasteiger partial charge in [0.1, 0.15) is 5.75 Å². The van der Waals surface area contributed by atoms with Crippen LogP contribution in [0.15, 0.2) is 48.5 Å². The number of aliphatic hydroxyl groups excluding tert-OH is 1. The number of anilines is 2. The van der Waals surface area contributed by atoms with E-state index in [1.807, 2.05) is 56.3 Å². The highest BCUT2D eigenvalue weighted by molar-refractivity contribution is 6.00. The van der Waals surface area contributed by atoms with Gasteiger partial charge in [0, 0.05) is 12.2 Å². The quantitative estimate of drug-likeness (QED) is 0.686. The SMILES string of the molecule is COc1ccc(Nc2ccccc2C(=O)NCC[C@@H](O)C(C)C)cc1. The molecule has 1 amide bonds. The molecule has 1 atom stereocenters. The van der Waals surface area contributed by atoms with Crippen molar-refractivity contribution in [1.82, 2.24) is 5.32 Å². The van der Waals surface area contributed by atoms with E-state index in [9.17, 15) is 9.90 Å². The molecule has 0 aliphatic carbocycles. The molecule has 2 aromatic rings. The highest BCUT2D eigenvalue weighted by Gasteiger charge is 2.13. The minimum Gasteiger partial charge on any atom is -0.497 e. The minimum atomic E-state index is -0.409. The number of methoxy groups -OCH3 is 1. The predicted octanol–water partition coefficient (Wildman–Crippen LogP) is 3.58. The molecule has 0 spiro atoms. The molecule has 0 heterocycles. The lowest BCUT2D eigenvalue weighted by atomic mass is 10.0. The molecule has 0 unspecified atom stereocenters. The van der Waals surface area contributed by atoms with Crippen LogP contribution in [-0.2, 0) is 0 Å². The Balaban J connectivity index is 2.02. The standard InChI is InChI=1S/C20H26N2O3/c1-14(2)19(23)12-13-21-20(24)17-6-4-5-7-18(17)22-15-8-10-16(25-3)11-9-15/h4-11,14,19,22-23H,12-13H2,1-3H3,(H,21,24)/t19-/m1/s1. The maximum absolute atomic E-state index is 12.5. The summed E-state index contributed by atoms with van der Waals surface area (Å²) >= 11 is 0. The Hall–Kier alpha value is -2.53. The first-order valence-corrected chi connectivity index (χ1v) is 8.47. The summed E-state index contributed by atoms with van der Waals surface area (Å²) in [5.41, 5.74) is 2.17. The Kier molecular flexibility index (Phi) is 6.83. The molecule has 0 saturated heterocycles. The molecule has 5 nitrogen and oxygen atoms in total. The van der Waals surface area contributed by atoms with E-state index in [-0.39, 0.29) is 11.8 Å². The summed E-state index contributed by atoms with van der Waals surface area (Å²) in [6.45, 7) is 4.36. The molecule has 2 rings (SSSR count). The normalized spacial score (nSPS) is 11.9. The van der Waals surface area contributed by atoms with Crippen molar-refractivity contribution in [3.05, 3.63) is 54.1 Å². The first-order valence-electron chi connectivity index (χ1n) is 8.47. The molecule has 25 heavy (non-hydrogen) atoms. The average Bonchev–Trinajstić information content (AvgIpc) is 2.62. The maximum Gasteiger partial charge on any atom is 0.253 e. The predicted molar refractivity (Wildman–Crippen MR) is 101 cm³/mol. The fourth-order valence-electron chi connectivity index (χ4n) is 2.38. The summed E-state index contributed by atoms with van der Waals surface area (Å²) in [7, 11) is 1.62. The van der Waals surface area contributed by atoms with Crippen molar-refractivity contribution in [3.63, 3.8) is 0 Å². The Morgan fingerprint density at radius 3 is 2.44 bits per heavy atom. The van der Waals surface area contributed by atoms with Crippen molar-refractivity contribution < 1.29 is 14.6 Å². The molecule has 0 saturated carbocycles. The van der Waals surface area contributed by atoms with E-state index < -0.39 is 6.10 Å². The molecule has 0 bridgehead atoms. The number of rotatable bonds is 8. The Bertz CT molecular complexity index is 684. The number of para-hydroxylation sites is 1. The zero-order chi connectivity index (χ0) is 18.2. The fourth-order valence-corrected chi connectivity index (χ4v) is 2.38. The number of amides is 1. The van der Waals surface area contributed by atoms with Gasteiger partial charge in [-0.15, -0.1) is 0 Å². The third-order valence-electron chi connectivity index (χ3n) is 4.04. The zero-order valence-electron chi connectivity index (χ0n) is 15.0. The summed E-state index contributed by atoms with van der Waals surface area (Å²) in [5.74, 6) is 0.800. The molecule has 0 fully saturated rings. The summed E-state index contributed by atoms with van der Waals surface area (Å²) < 4.78 is 5.15. The van der Waals surface area contributed by atoms with Gasteiger partial charge in [-0.2, -0.15) is 0 Å². The Morgan fingerprint density at radius 2 is 1.80 bits per heavy atom. The van der Waals surface area contributed by atoms with E-state index in [4.69, 9.17) is 4.74 Å². The molecule has 134 valence electrons. The molecule has 3 N–H and O–H groups in total. The van der Waals surface area contributed by atoms with Crippen LogP contribution in [0.1, 0.15) is 30.6 Å². The smallest absolute Gasteiger partial charge is 0.253 e. The maximum atomic E-state index is 12.5. The molecule has 0 aliphatic heterocycles. The van der Waals surface area contributed by atoms with Crippen molar-refractivity contribution in [3.8, 4) is 5.75 Å². The lowest BCUT2D eigenvalue weighted by Gasteiger charge is -2.16. The summed E-state index contributed by atoms with van der Waals surface area (Å²) in [6, 6.07) is 14.9. The molecular formula is C20H26N2O3. The van der Waals surface area contributed by atoms with E-state index >= 15 is 0 Å². The molecule has 0 aromatic heterocycles. The monoisotopic (exact) mass is 342 g/mol. The van der Waals surface area contributed by atoms with Gasteiger partial charge >= 0.3 is 0 Å². The highest BCUT2D eigenvalue weighted by atomic mass is 16.5. The number of carbonyl (C=O) groups excluding carboxylic acids is 1. The second-order valence-corrected chi connectivity index (χ2v) is 6.26. The van der Waals surface area contributed by atoms with Gasteiger partial charge in [-0.25, -0.2) is 0 Å². The summed E-state index contributed by atoms with van der Waals surface area (Å²) in [4.78, 5) is 12.5. The van der Waals surface area contributed by atoms with Gasteiger partial charge in [0.15, 0.2) is 0 Å². The van der Waals surface area contributed by atoms with Gasteiger partial charge < -0.3 is 20.5 Å². The van der Waals surface area contributed by atoms with Gasteiger partial charge in [0.2, 0.25) is 0 Å². The molecule has 0 radical (unpaired) electrons. The van der Waals surface area contributed by atoms with Crippen LogP contribution in [0.25, 0.3) is 0 Å². The van der Waals surface area contributed by atoms with E-state index in [1.54, 1.807) is 13.2 Å². The van der Waals surface area contributed by atoms with Crippen LogP contribution in [-0.4, -0.2) is 30.8 Å². The third kappa shape index (κ3) is 5.50. The van der Waals surface area contributed by atoms with Crippen molar-refractivity contribution >= 4 is 17.3 Å².